The smallest absolute Gasteiger partial charge is 0.273 e. The number of carbonyl (C=O) groups excluding carboxylic acids is 1. The van der Waals surface area contributed by atoms with Gasteiger partial charge in [-0.25, -0.2) is 0 Å². The molecule has 0 spiro atoms. The highest BCUT2D eigenvalue weighted by Gasteiger charge is 2.18. The lowest BCUT2D eigenvalue weighted by molar-refractivity contribution is 0.0909. The van der Waals surface area contributed by atoms with E-state index < -0.39 is 0 Å². The van der Waals surface area contributed by atoms with Gasteiger partial charge in [-0.3, -0.25) is 4.79 Å². The molecule has 0 atom stereocenters. The minimum absolute atomic E-state index is 0.242. The standard InChI is InChI=1S/C10H16N2O3/c1-10(2,3)11-9(13)8-5-7(6-14-4)15-12-8/h5H,6H2,1-4H3,(H,11,13). The van der Waals surface area contributed by atoms with Gasteiger partial charge in [0.05, 0.1) is 0 Å². The Kier molecular flexibility index (Phi) is 3.47. The van der Waals surface area contributed by atoms with Crippen molar-refractivity contribution in [3.63, 3.8) is 0 Å². The fraction of sp³-hybridized carbons (Fsp3) is 0.600. The van der Waals surface area contributed by atoms with Crippen molar-refractivity contribution in [2.75, 3.05) is 7.11 Å². The molecule has 0 aliphatic carbocycles. The second-order valence-electron chi connectivity index (χ2n) is 4.32. The largest absolute Gasteiger partial charge is 0.377 e. The van der Waals surface area contributed by atoms with Crippen molar-refractivity contribution in [3.8, 4) is 0 Å². The van der Waals surface area contributed by atoms with Gasteiger partial charge in [0.2, 0.25) is 0 Å². The van der Waals surface area contributed by atoms with Gasteiger partial charge in [-0.2, -0.15) is 0 Å². The predicted octanol–water partition coefficient (Wildman–Crippen LogP) is 1.35. The zero-order valence-corrected chi connectivity index (χ0v) is 9.46. The molecule has 1 aromatic heterocycles. The Hall–Kier alpha value is -1.36. The van der Waals surface area contributed by atoms with Crippen LogP contribution in [0.5, 0.6) is 0 Å². The summed E-state index contributed by atoms with van der Waals surface area (Å²) >= 11 is 0. The maximum atomic E-state index is 11.6. The molecule has 5 heteroatoms. The summed E-state index contributed by atoms with van der Waals surface area (Å²) in [6.07, 6.45) is 0. The van der Waals surface area contributed by atoms with Crippen LogP contribution in [-0.2, 0) is 11.3 Å². The van der Waals surface area contributed by atoms with E-state index in [9.17, 15) is 4.79 Å². The van der Waals surface area contributed by atoms with Crippen LogP contribution in [0.3, 0.4) is 0 Å². The number of aromatic nitrogens is 1. The molecule has 0 bridgehead atoms. The minimum atomic E-state index is -0.280. The van der Waals surface area contributed by atoms with E-state index in [0.29, 0.717) is 12.4 Å². The van der Waals surface area contributed by atoms with Crippen LogP contribution >= 0.6 is 0 Å². The molecular weight excluding hydrogens is 196 g/mol. The second-order valence-corrected chi connectivity index (χ2v) is 4.32. The third-order valence-corrected chi connectivity index (χ3v) is 1.57. The number of ether oxygens (including phenoxy) is 1. The van der Waals surface area contributed by atoms with E-state index in [1.165, 1.54) is 0 Å². The first-order valence-electron chi connectivity index (χ1n) is 4.69. The summed E-state index contributed by atoms with van der Waals surface area (Å²) in [5, 5.41) is 6.44. The highest BCUT2D eigenvalue weighted by molar-refractivity contribution is 5.92. The summed E-state index contributed by atoms with van der Waals surface area (Å²) in [7, 11) is 1.55. The number of carbonyl (C=O) groups is 1. The molecule has 5 nitrogen and oxygen atoms in total. The fourth-order valence-corrected chi connectivity index (χ4v) is 1.03. The van der Waals surface area contributed by atoms with Gasteiger partial charge in [0.15, 0.2) is 11.5 Å². The lowest BCUT2D eigenvalue weighted by Gasteiger charge is -2.19. The monoisotopic (exact) mass is 212 g/mol. The number of nitrogens with one attached hydrogen (secondary N) is 1. The maximum absolute atomic E-state index is 11.6. The van der Waals surface area contributed by atoms with E-state index in [1.807, 2.05) is 20.8 Å². The van der Waals surface area contributed by atoms with Crippen LogP contribution in [0.15, 0.2) is 10.6 Å². The topological polar surface area (TPSA) is 64.4 Å². The normalized spacial score (nSPS) is 11.5. The second kappa shape index (κ2) is 4.44. The van der Waals surface area contributed by atoms with E-state index in [2.05, 4.69) is 10.5 Å². The summed E-state index contributed by atoms with van der Waals surface area (Å²) in [5.74, 6) is 0.296. The minimum Gasteiger partial charge on any atom is -0.377 e. The first-order valence-corrected chi connectivity index (χ1v) is 4.69. The Morgan fingerprint density at radius 2 is 2.27 bits per heavy atom. The molecule has 1 N–H and O–H groups in total. The molecule has 0 fully saturated rings. The van der Waals surface area contributed by atoms with Crippen LogP contribution in [0, 0.1) is 0 Å². The van der Waals surface area contributed by atoms with Crippen molar-refractivity contribution >= 4 is 5.91 Å². The molecule has 1 heterocycles. The van der Waals surface area contributed by atoms with Gasteiger partial charge in [-0.15, -0.1) is 0 Å². The molecule has 1 amide bonds. The summed E-state index contributed by atoms with van der Waals surface area (Å²) in [5.41, 5.74) is -0.00533. The van der Waals surface area contributed by atoms with E-state index >= 15 is 0 Å². The van der Waals surface area contributed by atoms with Gasteiger partial charge in [0, 0.05) is 18.7 Å². The van der Waals surface area contributed by atoms with Crippen LogP contribution in [-0.4, -0.2) is 23.7 Å². The van der Waals surface area contributed by atoms with Crippen LogP contribution < -0.4 is 5.32 Å². The zero-order chi connectivity index (χ0) is 11.5. The Morgan fingerprint density at radius 3 is 2.80 bits per heavy atom. The average molecular weight is 212 g/mol. The van der Waals surface area contributed by atoms with Crippen LogP contribution in [0.2, 0.25) is 0 Å². The summed E-state index contributed by atoms with van der Waals surface area (Å²) in [6.45, 7) is 6.03. The Balaban J connectivity index is 2.66. The number of hydrogen-bond acceptors (Lipinski definition) is 4. The molecule has 0 aliphatic heterocycles. The molecule has 84 valence electrons. The van der Waals surface area contributed by atoms with Crippen molar-refractivity contribution in [1.29, 1.82) is 0 Å². The van der Waals surface area contributed by atoms with Crippen molar-refractivity contribution in [3.05, 3.63) is 17.5 Å². The number of methoxy groups -OCH3 is 1. The maximum Gasteiger partial charge on any atom is 0.273 e. The SMILES string of the molecule is COCc1cc(C(=O)NC(C)(C)C)no1. The van der Waals surface area contributed by atoms with E-state index in [4.69, 9.17) is 9.26 Å². The summed E-state index contributed by atoms with van der Waals surface area (Å²) in [6, 6.07) is 1.57. The molecule has 0 saturated heterocycles. The lowest BCUT2D eigenvalue weighted by Crippen LogP contribution is -2.40. The number of rotatable bonds is 3. The van der Waals surface area contributed by atoms with E-state index in [1.54, 1.807) is 13.2 Å². The van der Waals surface area contributed by atoms with Gasteiger partial charge < -0.3 is 14.6 Å². The third kappa shape index (κ3) is 3.71. The molecule has 0 saturated carbocycles. The predicted molar refractivity (Wildman–Crippen MR) is 54.4 cm³/mol. The fourth-order valence-electron chi connectivity index (χ4n) is 1.03. The van der Waals surface area contributed by atoms with Crippen LogP contribution in [0.1, 0.15) is 37.0 Å². The van der Waals surface area contributed by atoms with Crippen LogP contribution in [0.4, 0.5) is 0 Å². The van der Waals surface area contributed by atoms with Gasteiger partial charge in [0.1, 0.15) is 6.61 Å². The molecular formula is C10H16N2O3. The quantitative estimate of drug-likeness (QED) is 0.821. The van der Waals surface area contributed by atoms with Crippen molar-refractivity contribution in [2.24, 2.45) is 0 Å². The number of nitrogens with zero attached hydrogens (tertiary/aromatic N) is 1. The summed E-state index contributed by atoms with van der Waals surface area (Å²) < 4.78 is 9.76. The summed E-state index contributed by atoms with van der Waals surface area (Å²) in [4.78, 5) is 11.6. The first-order chi connectivity index (χ1) is 6.92. The van der Waals surface area contributed by atoms with Crippen molar-refractivity contribution in [1.82, 2.24) is 10.5 Å². The Labute approximate surface area is 88.8 Å². The first kappa shape index (κ1) is 11.7. The van der Waals surface area contributed by atoms with Gasteiger partial charge in [0.25, 0.3) is 5.91 Å². The van der Waals surface area contributed by atoms with Crippen molar-refractivity contribution < 1.29 is 14.1 Å². The lowest BCUT2D eigenvalue weighted by atomic mass is 10.1. The molecule has 0 radical (unpaired) electrons. The van der Waals surface area contributed by atoms with Crippen LogP contribution in [0.25, 0.3) is 0 Å². The molecule has 0 aliphatic rings. The van der Waals surface area contributed by atoms with E-state index in [0.717, 1.165) is 0 Å². The number of amides is 1. The Bertz CT molecular complexity index is 339. The van der Waals surface area contributed by atoms with E-state index in [-0.39, 0.29) is 17.1 Å². The third-order valence-electron chi connectivity index (χ3n) is 1.57. The molecule has 0 unspecified atom stereocenters. The average Bonchev–Trinajstić information content (AvgIpc) is 2.50. The molecule has 1 rings (SSSR count). The Morgan fingerprint density at radius 1 is 1.60 bits per heavy atom. The highest BCUT2D eigenvalue weighted by Crippen LogP contribution is 2.07. The van der Waals surface area contributed by atoms with Gasteiger partial charge in [-0.05, 0) is 20.8 Å². The van der Waals surface area contributed by atoms with Crippen molar-refractivity contribution in [2.45, 2.75) is 32.9 Å². The van der Waals surface area contributed by atoms with Gasteiger partial charge in [-0.1, -0.05) is 5.16 Å². The molecule has 1 aromatic rings. The zero-order valence-electron chi connectivity index (χ0n) is 9.46. The molecule has 15 heavy (non-hydrogen) atoms. The molecule has 0 aromatic carbocycles. The highest BCUT2D eigenvalue weighted by atomic mass is 16.5. The number of hydrogen-bond donors (Lipinski definition) is 1. The van der Waals surface area contributed by atoms with Gasteiger partial charge >= 0.3 is 0 Å².